The highest BCUT2D eigenvalue weighted by Gasteiger charge is 2.52. The summed E-state index contributed by atoms with van der Waals surface area (Å²) in [6, 6.07) is 11.9. The van der Waals surface area contributed by atoms with Crippen molar-refractivity contribution >= 4 is 56.5 Å². The molecule has 0 heterocycles. The first-order valence-electron chi connectivity index (χ1n) is 7.89. The molecule has 0 saturated carbocycles. The zero-order valence-corrected chi connectivity index (χ0v) is 18.1. The van der Waals surface area contributed by atoms with Crippen molar-refractivity contribution in [1.82, 2.24) is 0 Å². The summed E-state index contributed by atoms with van der Waals surface area (Å²) in [7, 11) is -5.12. The third kappa shape index (κ3) is 3.65. The first-order chi connectivity index (χ1) is 13.5. The Kier molecular flexibility index (Phi) is 5.98. The van der Waals surface area contributed by atoms with Gasteiger partial charge in [0.1, 0.15) is 11.5 Å². The molecule has 3 N–H and O–H groups in total. The van der Waals surface area contributed by atoms with Crippen molar-refractivity contribution in [2.45, 2.75) is 4.75 Å². The van der Waals surface area contributed by atoms with Crippen LogP contribution in [0.3, 0.4) is 0 Å². The van der Waals surface area contributed by atoms with Crippen molar-refractivity contribution in [1.29, 1.82) is 0 Å². The van der Waals surface area contributed by atoms with Gasteiger partial charge in [-0.2, -0.15) is 8.42 Å². The van der Waals surface area contributed by atoms with Crippen LogP contribution in [0.5, 0.6) is 11.5 Å². The van der Waals surface area contributed by atoms with Crippen LogP contribution in [0.2, 0.25) is 20.1 Å². The van der Waals surface area contributed by atoms with Gasteiger partial charge < -0.3 is 10.2 Å². The average molecular weight is 494 g/mol. The van der Waals surface area contributed by atoms with E-state index in [4.69, 9.17) is 46.4 Å². The minimum absolute atomic E-state index is 0.00523. The molecule has 3 aromatic rings. The van der Waals surface area contributed by atoms with Crippen LogP contribution < -0.4 is 0 Å². The van der Waals surface area contributed by atoms with E-state index in [-0.39, 0.29) is 31.2 Å². The van der Waals surface area contributed by atoms with Crippen LogP contribution in [0.4, 0.5) is 0 Å². The molecule has 0 bridgehead atoms. The average Bonchev–Trinajstić information content (AvgIpc) is 2.61. The predicted molar refractivity (Wildman–Crippen MR) is 114 cm³/mol. The molecule has 3 aromatic carbocycles. The van der Waals surface area contributed by atoms with Gasteiger partial charge in [-0.3, -0.25) is 4.55 Å². The summed E-state index contributed by atoms with van der Waals surface area (Å²) in [5.74, 6) is -1.14. The van der Waals surface area contributed by atoms with Gasteiger partial charge in [-0.15, -0.1) is 0 Å². The molecule has 5 nitrogen and oxygen atoms in total. The Labute approximate surface area is 186 Å². The monoisotopic (exact) mass is 492 g/mol. The van der Waals surface area contributed by atoms with Crippen molar-refractivity contribution < 1.29 is 23.2 Å². The van der Waals surface area contributed by atoms with Crippen LogP contribution in [0, 0.1) is 0 Å². The molecule has 0 saturated heterocycles. The third-order valence-electron chi connectivity index (χ3n) is 4.37. The molecule has 1 unspecified atom stereocenters. The van der Waals surface area contributed by atoms with Gasteiger partial charge in [-0.1, -0.05) is 76.7 Å². The number of aromatic hydroxyl groups is 2. The first-order valence-corrected chi connectivity index (χ1v) is 10.8. The maximum Gasteiger partial charge on any atom is 0.283 e. The number of phenols is 2. The van der Waals surface area contributed by atoms with E-state index in [2.05, 4.69) is 0 Å². The molecule has 1 atom stereocenters. The van der Waals surface area contributed by atoms with Crippen LogP contribution in [-0.2, 0) is 14.9 Å². The van der Waals surface area contributed by atoms with Crippen LogP contribution in [0.1, 0.15) is 16.7 Å². The van der Waals surface area contributed by atoms with Crippen molar-refractivity contribution in [3.05, 3.63) is 91.4 Å². The Morgan fingerprint density at radius 2 is 1.31 bits per heavy atom. The molecule has 0 aliphatic rings. The number of benzene rings is 3. The fraction of sp³-hybridized carbons (Fsp3) is 0.0526. The highest BCUT2D eigenvalue weighted by atomic mass is 35.5. The molecule has 0 aromatic heterocycles. The fourth-order valence-corrected chi connectivity index (χ4v) is 5.96. The SMILES string of the molecule is O=S(=O)(O)C(c1ccccc1)(c1cc(O)c(Cl)cc1O)c1c(Cl)cc(Cl)cc1Cl. The minimum atomic E-state index is -5.12. The van der Waals surface area contributed by atoms with Crippen molar-refractivity contribution in [3.63, 3.8) is 0 Å². The molecule has 0 spiro atoms. The van der Waals surface area contributed by atoms with Gasteiger partial charge in [0.15, 0.2) is 4.75 Å². The van der Waals surface area contributed by atoms with Crippen LogP contribution in [0.25, 0.3) is 0 Å². The van der Waals surface area contributed by atoms with Gasteiger partial charge in [-0.05, 0) is 23.8 Å². The molecule has 152 valence electrons. The maximum absolute atomic E-state index is 13.0. The summed E-state index contributed by atoms with van der Waals surface area (Å²) < 4.78 is 33.9. The molecular formula is C19H12Cl4O5S. The summed E-state index contributed by atoms with van der Waals surface area (Å²) in [6.45, 7) is 0. The van der Waals surface area contributed by atoms with Gasteiger partial charge in [0.25, 0.3) is 10.1 Å². The standard InChI is InChI=1S/C19H12Cl4O5S/c20-11-6-14(22)18(15(23)7-11)19(29(26,27)28,10-4-2-1-3-5-10)12-8-17(25)13(21)9-16(12)24/h1-9,24-25H,(H,26,27,28). The number of hydrogen-bond donors (Lipinski definition) is 3. The number of halogens is 4. The molecule has 29 heavy (non-hydrogen) atoms. The van der Waals surface area contributed by atoms with Crippen molar-refractivity contribution in [3.8, 4) is 11.5 Å². The van der Waals surface area contributed by atoms with Gasteiger partial charge in [0, 0.05) is 32.3 Å². The van der Waals surface area contributed by atoms with E-state index < -0.39 is 31.9 Å². The predicted octanol–water partition coefficient (Wildman–Crippen LogP) is 5.89. The lowest BCUT2D eigenvalue weighted by molar-refractivity contribution is 0.434. The summed E-state index contributed by atoms with van der Waals surface area (Å²) in [5.41, 5.74) is -0.652. The Morgan fingerprint density at radius 1 is 0.759 bits per heavy atom. The van der Waals surface area contributed by atoms with E-state index >= 15 is 0 Å². The molecule has 0 aliphatic carbocycles. The molecule has 10 heteroatoms. The van der Waals surface area contributed by atoms with E-state index in [9.17, 15) is 23.2 Å². The lowest BCUT2D eigenvalue weighted by Gasteiger charge is -2.34. The van der Waals surface area contributed by atoms with Gasteiger partial charge in [0.2, 0.25) is 0 Å². The van der Waals surface area contributed by atoms with Crippen LogP contribution >= 0.6 is 46.4 Å². The second-order valence-electron chi connectivity index (χ2n) is 6.09. The summed E-state index contributed by atoms with van der Waals surface area (Å²) >= 11 is 24.5. The number of phenolic OH excluding ortho intramolecular Hbond substituents is 2. The van der Waals surface area contributed by atoms with E-state index in [1.165, 1.54) is 36.4 Å². The fourth-order valence-electron chi connectivity index (χ4n) is 3.24. The Morgan fingerprint density at radius 3 is 1.83 bits per heavy atom. The van der Waals surface area contributed by atoms with Gasteiger partial charge in [-0.25, -0.2) is 0 Å². The lowest BCUT2D eigenvalue weighted by atomic mass is 9.83. The van der Waals surface area contributed by atoms with Crippen LogP contribution in [0.15, 0.2) is 54.6 Å². The normalized spacial score (nSPS) is 13.8. The second-order valence-corrected chi connectivity index (χ2v) is 9.31. The smallest absolute Gasteiger partial charge is 0.283 e. The highest BCUT2D eigenvalue weighted by molar-refractivity contribution is 7.87. The van der Waals surface area contributed by atoms with E-state index in [1.54, 1.807) is 6.07 Å². The quantitative estimate of drug-likeness (QED) is 0.239. The first kappa shape index (κ1) is 22.0. The molecule has 3 rings (SSSR count). The van der Waals surface area contributed by atoms with Gasteiger partial charge >= 0.3 is 0 Å². The summed E-state index contributed by atoms with van der Waals surface area (Å²) in [5, 5.41) is 20.3. The highest BCUT2D eigenvalue weighted by Crippen LogP contribution is 2.53. The largest absolute Gasteiger partial charge is 0.508 e. The summed E-state index contributed by atoms with van der Waals surface area (Å²) in [4.78, 5) is 0. The van der Waals surface area contributed by atoms with Gasteiger partial charge in [0.05, 0.1) is 5.02 Å². The number of hydrogen-bond acceptors (Lipinski definition) is 4. The molecule has 0 radical (unpaired) electrons. The van der Waals surface area contributed by atoms with E-state index in [0.29, 0.717) is 0 Å². The molecule has 0 fully saturated rings. The van der Waals surface area contributed by atoms with E-state index in [1.807, 2.05) is 0 Å². The minimum Gasteiger partial charge on any atom is -0.508 e. The van der Waals surface area contributed by atoms with Crippen molar-refractivity contribution in [2.24, 2.45) is 0 Å². The summed E-state index contributed by atoms with van der Waals surface area (Å²) in [6.07, 6.45) is 0. The third-order valence-corrected chi connectivity index (χ3v) is 6.92. The Hall–Kier alpha value is -1.67. The number of rotatable bonds is 4. The van der Waals surface area contributed by atoms with Crippen LogP contribution in [-0.4, -0.2) is 23.2 Å². The van der Waals surface area contributed by atoms with E-state index in [0.717, 1.165) is 12.1 Å². The lowest BCUT2D eigenvalue weighted by Crippen LogP contribution is -2.39. The topological polar surface area (TPSA) is 94.8 Å². The Balaban J connectivity index is 2.64. The molecule has 0 amide bonds. The Bertz CT molecular complexity index is 1180. The molecular weight excluding hydrogens is 482 g/mol. The second kappa shape index (κ2) is 7.87. The maximum atomic E-state index is 13.0. The zero-order chi connectivity index (χ0) is 21.6. The molecule has 0 aliphatic heterocycles. The zero-order valence-electron chi connectivity index (χ0n) is 14.3. The van der Waals surface area contributed by atoms with Crippen molar-refractivity contribution in [2.75, 3.05) is 0 Å².